The second kappa shape index (κ2) is 4.69. The largest absolute Gasteiger partial charge is 0.468 e. The van der Waals surface area contributed by atoms with Crippen LogP contribution >= 0.6 is 0 Å². The first-order chi connectivity index (χ1) is 7.27. The highest BCUT2D eigenvalue weighted by Gasteiger charge is 2.35. The van der Waals surface area contributed by atoms with E-state index in [9.17, 15) is 4.79 Å². The summed E-state index contributed by atoms with van der Waals surface area (Å²) in [7, 11) is 1.38. The van der Waals surface area contributed by atoms with Crippen molar-refractivity contribution in [3.8, 4) is 0 Å². The van der Waals surface area contributed by atoms with E-state index in [0.717, 1.165) is 0 Å². The van der Waals surface area contributed by atoms with Crippen LogP contribution in [0.4, 0.5) is 0 Å². The lowest BCUT2D eigenvalue weighted by molar-refractivity contribution is -0.254. The SMILES string of the molecule is COC(=O)C(C)(C)NC1COC(C)(C)OC1. The summed E-state index contributed by atoms with van der Waals surface area (Å²) in [5, 5.41) is 3.16. The molecule has 0 amide bonds. The Morgan fingerprint density at radius 3 is 2.31 bits per heavy atom. The molecule has 0 unspecified atom stereocenters. The van der Waals surface area contributed by atoms with Gasteiger partial charge in [0.25, 0.3) is 0 Å². The Balaban J connectivity index is 2.47. The summed E-state index contributed by atoms with van der Waals surface area (Å²) >= 11 is 0. The van der Waals surface area contributed by atoms with Gasteiger partial charge < -0.3 is 14.2 Å². The van der Waals surface area contributed by atoms with Gasteiger partial charge >= 0.3 is 5.97 Å². The van der Waals surface area contributed by atoms with E-state index < -0.39 is 11.3 Å². The number of hydrogen-bond acceptors (Lipinski definition) is 5. The molecule has 0 radical (unpaired) electrons. The first-order valence-corrected chi connectivity index (χ1v) is 5.41. The quantitative estimate of drug-likeness (QED) is 0.724. The molecule has 0 atom stereocenters. The van der Waals surface area contributed by atoms with Crippen LogP contribution in [-0.4, -0.2) is 43.7 Å². The summed E-state index contributed by atoms with van der Waals surface area (Å²) in [6, 6.07) is 0.00197. The average molecular weight is 231 g/mol. The van der Waals surface area contributed by atoms with Crippen LogP contribution in [0.2, 0.25) is 0 Å². The van der Waals surface area contributed by atoms with Crippen molar-refractivity contribution in [1.29, 1.82) is 0 Å². The molecule has 1 N–H and O–H groups in total. The van der Waals surface area contributed by atoms with E-state index in [1.807, 2.05) is 13.8 Å². The third-order valence-electron chi connectivity index (χ3n) is 2.52. The minimum atomic E-state index is -0.729. The smallest absolute Gasteiger partial charge is 0.325 e. The van der Waals surface area contributed by atoms with Gasteiger partial charge in [0, 0.05) is 0 Å². The highest BCUT2D eigenvalue weighted by molar-refractivity contribution is 5.79. The number of ether oxygens (including phenoxy) is 3. The van der Waals surface area contributed by atoms with E-state index in [-0.39, 0.29) is 12.0 Å². The van der Waals surface area contributed by atoms with Crippen molar-refractivity contribution in [1.82, 2.24) is 5.32 Å². The summed E-state index contributed by atoms with van der Waals surface area (Å²) in [5.41, 5.74) is -0.729. The maximum atomic E-state index is 11.5. The van der Waals surface area contributed by atoms with Crippen molar-refractivity contribution in [3.05, 3.63) is 0 Å². The molecule has 94 valence electrons. The van der Waals surface area contributed by atoms with E-state index in [0.29, 0.717) is 13.2 Å². The molecule has 0 bridgehead atoms. The van der Waals surface area contributed by atoms with E-state index in [1.165, 1.54) is 7.11 Å². The molecule has 0 aromatic rings. The fourth-order valence-electron chi connectivity index (χ4n) is 1.60. The zero-order valence-electron chi connectivity index (χ0n) is 10.6. The second-order valence-corrected chi connectivity index (χ2v) is 4.98. The van der Waals surface area contributed by atoms with Crippen molar-refractivity contribution < 1.29 is 19.0 Å². The first kappa shape index (κ1) is 13.4. The lowest BCUT2D eigenvalue weighted by atomic mass is 10.0. The third-order valence-corrected chi connectivity index (χ3v) is 2.52. The van der Waals surface area contributed by atoms with Crippen molar-refractivity contribution >= 4 is 5.97 Å². The second-order valence-electron chi connectivity index (χ2n) is 4.98. The van der Waals surface area contributed by atoms with E-state index >= 15 is 0 Å². The lowest BCUT2D eigenvalue weighted by Crippen LogP contribution is -2.58. The van der Waals surface area contributed by atoms with Crippen LogP contribution < -0.4 is 5.32 Å². The van der Waals surface area contributed by atoms with Gasteiger partial charge in [-0.1, -0.05) is 0 Å². The van der Waals surface area contributed by atoms with Crippen LogP contribution in [0.15, 0.2) is 0 Å². The third kappa shape index (κ3) is 3.43. The number of nitrogens with one attached hydrogen (secondary N) is 1. The number of methoxy groups -OCH3 is 1. The molecule has 16 heavy (non-hydrogen) atoms. The van der Waals surface area contributed by atoms with Gasteiger partial charge in [-0.2, -0.15) is 0 Å². The summed E-state index contributed by atoms with van der Waals surface area (Å²) in [4.78, 5) is 11.5. The van der Waals surface area contributed by atoms with Crippen LogP contribution in [0.25, 0.3) is 0 Å². The Kier molecular flexibility index (Phi) is 3.93. The Bertz CT molecular complexity index is 253. The molecule has 1 aliphatic rings. The molecule has 1 rings (SSSR count). The molecule has 0 aromatic carbocycles. The normalized spacial score (nSPS) is 21.8. The van der Waals surface area contributed by atoms with Gasteiger partial charge in [0.1, 0.15) is 5.54 Å². The predicted molar refractivity (Wildman–Crippen MR) is 59.0 cm³/mol. The summed E-state index contributed by atoms with van der Waals surface area (Å²) in [6.07, 6.45) is 0. The topological polar surface area (TPSA) is 56.8 Å². The van der Waals surface area contributed by atoms with Gasteiger partial charge in [0.05, 0.1) is 26.4 Å². The molecule has 1 fully saturated rings. The minimum absolute atomic E-state index is 0.00197. The Morgan fingerprint density at radius 1 is 1.38 bits per heavy atom. The fourth-order valence-corrected chi connectivity index (χ4v) is 1.60. The predicted octanol–water partition coefficient (Wildman–Crippen LogP) is 0.679. The Morgan fingerprint density at radius 2 is 1.88 bits per heavy atom. The van der Waals surface area contributed by atoms with Gasteiger partial charge in [0.2, 0.25) is 0 Å². The number of carbonyl (C=O) groups is 1. The maximum Gasteiger partial charge on any atom is 0.325 e. The van der Waals surface area contributed by atoms with Crippen molar-refractivity contribution in [2.45, 2.75) is 45.1 Å². The van der Waals surface area contributed by atoms with Gasteiger partial charge in [-0.05, 0) is 27.7 Å². The highest BCUT2D eigenvalue weighted by atomic mass is 16.7. The number of rotatable bonds is 3. The molecule has 0 aliphatic carbocycles. The summed E-state index contributed by atoms with van der Waals surface area (Å²) < 4.78 is 15.7. The molecular weight excluding hydrogens is 210 g/mol. The molecule has 0 aromatic heterocycles. The standard InChI is InChI=1S/C11H21NO4/c1-10(2,9(13)14-5)12-8-6-15-11(3,4)16-7-8/h8,12H,6-7H2,1-5H3. The van der Waals surface area contributed by atoms with Gasteiger partial charge in [-0.15, -0.1) is 0 Å². The van der Waals surface area contributed by atoms with E-state index in [2.05, 4.69) is 5.32 Å². The number of carbonyl (C=O) groups excluding carboxylic acids is 1. The lowest BCUT2D eigenvalue weighted by Gasteiger charge is -2.38. The van der Waals surface area contributed by atoms with Crippen LogP contribution in [0.5, 0.6) is 0 Å². The van der Waals surface area contributed by atoms with Gasteiger partial charge in [-0.25, -0.2) is 0 Å². The van der Waals surface area contributed by atoms with Crippen LogP contribution in [0.3, 0.4) is 0 Å². The average Bonchev–Trinajstić information content (AvgIpc) is 2.20. The van der Waals surface area contributed by atoms with Crippen molar-refractivity contribution in [2.75, 3.05) is 20.3 Å². The highest BCUT2D eigenvalue weighted by Crippen LogP contribution is 2.18. The molecule has 0 saturated carbocycles. The van der Waals surface area contributed by atoms with Gasteiger partial charge in [0.15, 0.2) is 5.79 Å². The fraction of sp³-hybridized carbons (Fsp3) is 0.909. The number of esters is 1. The molecule has 1 saturated heterocycles. The van der Waals surface area contributed by atoms with E-state index in [4.69, 9.17) is 14.2 Å². The molecule has 1 heterocycles. The van der Waals surface area contributed by atoms with Crippen molar-refractivity contribution in [3.63, 3.8) is 0 Å². The maximum absolute atomic E-state index is 11.5. The van der Waals surface area contributed by atoms with Crippen LogP contribution in [0, 0.1) is 0 Å². The molecule has 0 spiro atoms. The molecule has 5 heteroatoms. The molecule has 1 aliphatic heterocycles. The Hall–Kier alpha value is -0.650. The Labute approximate surface area is 96.4 Å². The molecule has 5 nitrogen and oxygen atoms in total. The number of hydrogen-bond donors (Lipinski definition) is 1. The zero-order valence-corrected chi connectivity index (χ0v) is 10.6. The van der Waals surface area contributed by atoms with Crippen LogP contribution in [-0.2, 0) is 19.0 Å². The van der Waals surface area contributed by atoms with Crippen molar-refractivity contribution in [2.24, 2.45) is 0 Å². The van der Waals surface area contributed by atoms with E-state index in [1.54, 1.807) is 13.8 Å². The molecular formula is C11H21NO4. The monoisotopic (exact) mass is 231 g/mol. The van der Waals surface area contributed by atoms with Gasteiger partial charge in [-0.3, -0.25) is 10.1 Å². The zero-order chi connectivity index (χ0) is 12.4. The first-order valence-electron chi connectivity index (χ1n) is 5.41. The summed E-state index contributed by atoms with van der Waals surface area (Å²) in [6.45, 7) is 8.33. The van der Waals surface area contributed by atoms with Crippen LogP contribution in [0.1, 0.15) is 27.7 Å². The minimum Gasteiger partial charge on any atom is -0.468 e. The summed E-state index contributed by atoms with van der Waals surface area (Å²) in [5.74, 6) is -0.828.